The van der Waals surface area contributed by atoms with Crippen molar-refractivity contribution in [2.45, 2.75) is 5.41 Å². The maximum atomic E-state index is 2.49. The lowest BCUT2D eigenvalue weighted by molar-refractivity contribution is 0.802. The van der Waals surface area contributed by atoms with E-state index in [0.29, 0.717) is 0 Å². The molecule has 13 rings (SSSR count). The Balaban J connectivity index is 1.10. The number of fused-ring (bicyclic) bond motifs is 16. The molecule has 0 atom stereocenters. The molecule has 0 fully saturated rings. The lowest BCUT2D eigenvalue weighted by atomic mass is 9.69. The predicted molar refractivity (Wildman–Crippen MR) is 241 cm³/mol. The zero-order valence-corrected chi connectivity index (χ0v) is 31.1. The molecule has 0 saturated heterocycles. The van der Waals surface area contributed by atoms with Crippen LogP contribution in [0, 0.1) is 0 Å². The lowest BCUT2D eigenvalue weighted by Crippen LogP contribution is -2.26. The van der Waals surface area contributed by atoms with Crippen molar-refractivity contribution in [2.24, 2.45) is 0 Å². The first kappa shape index (κ1) is 31.0. The third-order valence-corrected chi connectivity index (χ3v) is 13.2. The van der Waals surface area contributed by atoms with Crippen LogP contribution in [0.5, 0.6) is 0 Å². The molecule has 2 aliphatic carbocycles. The Kier molecular flexibility index (Phi) is 6.19. The number of hydrogen-bond acceptors (Lipinski definition) is 0. The van der Waals surface area contributed by atoms with Crippen LogP contribution in [-0.4, -0.2) is 0 Å². The van der Waals surface area contributed by atoms with Gasteiger partial charge >= 0.3 is 0 Å². The summed E-state index contributed by atoms with van der Waals surface area (Å²) in [5, 5.41) is 12.7. The summed E-state index contributed by atoms with van der Waals surface area (Å²) in [6.45, 7) is 0. The molecule has 1 spiro atoms. The number of benzene rings is 11. The fourth-order valence-electron chi connectivity index (χ4n) is 10.9. The zero-order chi connectivity index (χ0) is 37.2. The van der Waals surface area contributed by atoms with E-state index in [4.69, 9.17) is 0 Å². The van der Waals surface area contributed by atoms with Crippen molar-refractivity contribution < 1.29 is 0 Å². The Hall–Kier alpha value is -7.28. The van der Waals surface area contributed by atoms with E-state index in [9.17, 15) is 0 Å². The molecule has 0 aromatic heterocycles. The Morgan fingerprint density at radius 1 is 0.246 bits per heavy atom. The van der Waals surface area contributed by atoms with E-state index in [-0.39, 0.29) is 0 Å². The maximum absolute atomic E-state index is 2.49. The molecule has 11 aromatic carbocycles. The normalized spacial score (nSPS) is 13.4. The van der Waals surface area contributed by atoms with E-state index in [1.165, 1.54) is 121 Å². The van der Waals surface area contributed by atoms with E-state index in [1.54, 1.807) is 0 Å². The molecule has 0 N–H and O–H groups in total. The van der Waals surface area contributed by atoms with Gasteiger partial charge in [0, 0.05) is 0 Å². The van der Waals surface area contributed by atoms with Gasteiger partial charge in [0.2, 0.25) is 0 Å². The summed E-state index contributed by atoms with van der Waals surface area (Å²) in [5.41, 5.74) is 15.5. The molecule has 0 unspecified atom stereocenters. The van der Waals surface area contributed by atoms with Gasteiger partial charge in [-0.05, 0) is 145 Å². The highest BCUT2D eigenvalue weighted by atomic mass is 14.5. The Morgan fingerprint density at radius 3 is 1.32 bits per heavy atom. The van der Waals surface area contributed by atoms with Crippen LogP contribution in [-0.2, 0) is 5.41 Å². The molecule has 0 amide bonds. The van der Waals surface area contributed by atoms with E-state index >= 15 is 0 Å². The average molecular weight is 719 g/mol. The third kappa shape index (κ3) is 4.07. The van der Waals surface area contributed by atoms with Crippen molar-refractivity contribution in [2.75, 3.05) is 0 Å². The predicted octanol–water partition coefficient (Wildman–Crippen LogP) is 15.1. The minimum Gasteiger partial charge on any atom is -0.0619 e. The molecule has 0 radical (unpaired) electrons. The van der Waals surface area contributed by atoms with Gasteiger partial charge in [-0.2, -0.15) is 0 Å². The van der Waals surface area contributed by atoms with Crippen LogP contribution in [0.25, 0.3) is 98.4 Å². The van der Waals surface area contributed by atoms with Crippen LogP contribution in [0.1, 0.15) is 22.3 Å². The van der Waals surface area contributed by atoms with Crippen LogP contribution < -0.4 is 0 Å². The van der Waals surface area contributed by atoms with E-state index < -0.39 is 5.41 Å². The second-order valence-corrected chi connectivity index (χ2v) is 15.9. The smallest absolute Gasteiger partial charge is 0.0619 e. The molecule has 11 aromatic rings. The summed E-state index contributed by atoms with van der Waals surface area (Å²) in [5.74, 6) is 0. The summed E-state index contributed by atoms with van der Waals surface area (Å²) in [6.07, 6.45) is 0. The van der Waals surface area contributed by atoms with Crippen molar-refractivity contribution in [1.82, 2.24) is 0 Å². The van der Waals surface area contributed by atoms with Gasteiger partial charge < -0.3 is 0 Å². The van der Waals surface area contributed by atoms with Gasteiger partial charge in [-0.1, -0.05) is 182 Å². The quantitative estimate of drug-likeness (QED) is 0.156. The molecule has 0 saturated carbocycles. The highest BCUT2D eigenvalue weighted by Gasteiger charge is 2.52. The van der Waals surface area contributed by atoms with Gasteiger partial charge in [-0.3, -0.25) is 0 Å². The van der Waals surface area contributed by atoms with Gasteiger partial charge in [0.1, 0.15) is 0 Å². The molecule has 262 valence electrons. The Labute approximate surface area is 330 Å². The Morgan fingerprint density at radius 2 is 0.702 bits per heavy atom. The van der Waals surface area contributed by atoms with E-state index in [1.807, 2.05) is 0 Å². The van der Waals surface area contributed by atoms with Crippen LogP contribution in [0.2, 0.25) is 0 Å². The first-order valence-electron chi connectivity index (χ1n) is 20.0. The molecule has 0 aliphatic heterocycles. The highest BCUT2D eigenvalue weighted by Crippen LogP contribution is 2.64. The van der Waals surface area contributed by atoms with Crippen LogP contribution in [0.4, 0.5) is 0 Å². The van der Waals surface area contributed by atoms with Crippen molar-refractivity contribution >= 4 is 53.9 Å². The second kappa shape index (κ2) is 11.4. The number of hydrogen-bond donors (Lipinski definition) is 0. The fraction of sp³-hybridized carbons (Fsp3) is 0.0175. The molecule has 0 nitrogen and oxygen atoms in total. The van der Waals surface area contributed by atoms with E-state index in [2.05, 4.69) is 206 Å². The summed E-state index contributed by atoms with van der Waals surface area (Å²) in [4.78, 5) is 0. The molecule has 0 bridgehead atoms. The van der Waals surface area contributed by atoms with Crippen molar-refractivity contribution in [3.8, 4) is 44.5 Å². The topological polar surface area (TPSA) is 0 Å². The summed E-state index contributed by atoms with van der Waals surface area (Å²) in [6, 6.07) is 77.7. The lowest BCUT2D eigenvalue weighted by Gasteiger charge is -2.31. The highest BCUT2D eigenvalue weighted by molar-refractivity contribution is 6.22. The number of rotatable bonds is 2. The molecule has 2 aliphatic rings. The molecule has 57 heavy (non-hydrogen) atoms. The summed E-state index contributed by atoms with van der Waals surface area (Å²) in [7, 11) is 0. The van der Waals surface area contributed by atoms with Gasteiger partial charge in [0.05, 0.1) is 5.41 Å². The van der Waals surface area contributed by atoms with Gasteiger partial charge in [-0.25, -0.2) is 0 Å². The summed E-state index contributed by atoms with van der Waals surface area (Å²) < 4.78 is 0. The van der Waals surface area contributed by atoms with Gasteiger partial charge in [0.15, 0.2) is 0 Å². The molecular formula is C57H34. The van der Waals surface area contributed by atoms with Crippen molar-refractivity contribution in [3.05, 3.63) is 229 Å². The molecular weight excluding hydrogens is 685 g/mol. The first-order chi connectivity index (χ1) is 28.3. The van der Waals surface area contributed by atoms with Crippen molar-refractivity contribution in [1.29, 1.82) is 0 Å². The largest absolute Gasteiger partial charge is 0.0731 e. The molecule has 0 heterocycles. The van der Waals surface area contributed by atoms with Gasteiger partial charge in [0.25, 0.3) is 0 Å². The van der Waals surface area contributed by atoms with Crippen LogP contribution in [0.3, 0.4) is 0 Å². The zero-order valence-electron chi connectivity index (χ0n) is 31.1. The Bertz CT molecular complexity index is 3430. The van der Waals surface area contributed by atoms with Crippen molar-refractivity contribution in [3.63, 3.8) is 0 Å². The minimum atomic E-state index is -0.427. The minimum absolute atomic E-state index is 0.427. The monoisotopic (exact) mass is 718 g/mol. The van der Waals surface area contributed by atoms with E-state index in [0.717, 1.165) is 0 Å². The SMILES string of the molecule is c1ccc2c(c1)-c1ccccc1C21c2cc3ccccc3cc2-c2ccc3cc(-c4c5ccccc5c(-c5ccc6ccccc6c5)c5ccccc45)ccc3c21. The standard InChI is InChI=1S/C57H34/c1-2-14-36-31-40(26-25-35(36)13-1)54-45-19-5-7-21-47(45)55(48-22-8-6-20-46(48)54)41-28-29-42-39(32-41)27-30-49-50-33-37-15-3-4-16-38(37)34-53(50)57(56(42)49)51-23-11-9-17-43(51)44-18-10-12-24-52(44)57/h1-34H. The maximum Gasteiger partial charge on any atom is 0.0731 e. The van der Waals surface area contributed by atoms with Crippen LogP contribution >= 0.6 is 0 Å². The van der Waals surface area contributed by atoms with Gasteiger partial charge in [-0.15, -0.1) is 0 Å². The first-order valence-corrected chi connectivity index (χ1v) is 20.0. The fourth-order valence-corrected chi connectivity index (χ4v) is 10.9. The summed E-state index contributed by atoms with van der Waals surface area (Å²) >= 11 is 0. The third-order valence-electron chi connectivity index (χ3n) is 13.2. The average Bonchev–Trinajstić information content (AvgIpc) is 3.74. The molecule has 0 heteroatoms. The second-order valence-electron chi connectivity index (χ2n) is 15.9. The van der Waals surface area contributed by atoms with Crippen LogP contribution in [0.15, 0.2) is 206 Å².